The lowest BCUT2D eigenvalue weighted by Gasteiger charge is -2.38. The largest absolute Gasteiger partial charge is 0.345 e. The molecule has 1 aromatic heterocycles. The molecule has 5 nitrogen and oxygen atoms in total. The van der Waals surface area contributed by atoms with Crippen molar-refractivity contribution in [2.24, 2.45) is 5.73 Å². The highest BCUT2D eigenvalue weighted by Gasteiger charge is 2.33. The molecule has 19 heavy (non-hydrogen) atoms. The minimum absolute atomic E-state index is 0.0770. The van der Waals surface area contributed by atoms with Gasteiger partial charge in [0.1, 0.15) is 0 Å². The number of anilines is 1. The average Bonchev–Trinajstić information content (AvgIpc) is 2.92. The third kappa shape index (κ3) is 3.25. The van der Waals surface area contributed by atoms with E-state index in [4.69, 9.17) is 5.73 Å². The normalized spacial score (nSPS) is 19.3. The van der Waals surface area contributed by atoms with Gasteiger partial charge in [0.25, 0.3) is 0 Å². The molecule has 1 aromatic rings. The van der Waals surface area contributed by atoms with Crippen molar-refractivity contribution in [3.63, 3.8) is 0 Å². The van der Waals surface area contributed by atoms with Crippen LogP contribution < -0.4 is 10.6 Å². The van der Waals surface area contributed by atoms with Crippen LogP contribution in [0.4, 0.5) is 5.13 Å². The fourth-order valence-corrected chi connectivity index (χ4v) is 3.16. The second kappa shape index (κ2) is 5.88. The summed E-state index contributed by atoms with van der Waals surface area (Å²) in [6, 6.07) is 0. The fourth-order valence-electron chi connectivity index (χ4n) is 2.46. The zero-order valence-electron chi connectivity index (χ0n) is 11.6. The van der Waals surface area contributed by atoms with Crippen molar-refractivity contribution in [1.82, 2.24) is 9.88 Å². The number of aromatic nitrogens is 1. The van der Waals surface area contributed by atoms with Crippen LogP contribution >= 0.6 is 11.3 Å². The molecule has 0 radical (unpaired) electrons. The summed E-state index contributed by atoms with van der Waals surface area (Å²) in [6.45, 7) is 7.03. The Hall–Kier alpha value is -1.14. The summed E-state index contributed by atoms with van der Waals surface area (Å²) in [5, 5.41) is 3.02. The van der Waals surface area contributed by atoms with E-state index < -0.39 is 5.54 Å². The van der Waals surface area contributed by atoms with Crippen molar-refractivity contribution in [1.29, 1.82) is 0 Å². The number of carbonyl (C=O) groups excluding carboxylic acids is 1. The number of piperazine rings is 1. The molecule has 0 spiro atoms. The minimum atomic E-state index is -0.724. The summed E-state index contributed by atoms with van der Waals surface area (Å²) in [7, 11) is 0. The van der Waals surface area contributed by atoms with Crippen LogP contribution in [-0.2, 0) is 4.79 Å². The summed E-state index contributed by atoms with van der Waals surface area (Å²) in [4.78, 5) is 20.8. The van der Waals surface area contributed by atoms with Gasteiger partial charge in [-0.25, -0.2) is 4.98 Å². The first-order valence-electron chi connectivity index (χ1n) is 6.77. The van der Waals surface area contributed by atoms with Gasteiger partial charge in [0.2, 0.25) is 5.91 Å². The summed E-state index contributed by atoms with van der Waals surface area (Å²) >= 11 is 1.64. The van der Waals surface area contributed by atoms with Crippen molar-refractivity contribution in [2.45, 2.75) is 32.2 Å². The molecule has 6 heteroatoms. The van der Waals surface area contributed by atoms with Crippen LogP contribution in [0, 0.1) is 0 Å². The highest BCUT2D eigenvalue weighted by molar-refractivity contribution is 7.13. The number of carbonyl (C=O) groups is 1. The van der Waals surface area contributed by atoms with Gasteiger partial charge in [0.05, 0.1) is 5.54 Å². The molecule has 2 N–H and O–H groups in total. The van der Waals surface area contributed by atoms with E-state index in [1.54, 1.807) is 11.3 Å². The molecule has 106 valence electrons. The average molecular weight is 282 g/mol. The molecule has 1 fully saturated rings. The van der Waals surface area contributed by atoms with Crippen molar-refractivity contribution < 1.29 is 4.79 Å². The molecule has 1 unspecified atom stereocenters. The summed E-state index contributed by atoms with van der Waals surface area (Å²) in [6.07, 6.45) is 3.48. The Morgan fingerprint density at radius 2 is 2.16 bits per heavy atom. The molecular weight excluding hydrogens is 260 g/mol. The number of amides is 1. The molecule has 1 amide bonds. The maximum atomic E-state index is 12.4. The van der Waals surface area contributed by atoms with Crippen LogP contribution in [0.3, 0.4) is 0 Å². The van der Waals surface area contributed by atoms with Gasteiger partial charge >= 0.3 is 0 Å². The predicted octanol–water partition coefficient (Wildman–Crippen LogP) is 1.31. The molecule has 0 saturated carbocycles. The van der Waals surface area contributed by atoms with Gasteiger partial charge in [-0.3, -0.25) is 4.79 Å². The Balaban J connectivity index is 1.91. The molecule has 2 rings (SSSR count). The third-order valence-electron chi connectivity index (χ3n) is 3.51. The summed E-state index contributed by atoms with van der Waals surface area (Å²) in [5.41, 5.74) is 5.39. The Labute approximate surface area is 118 Å². The first kappa shape index (κ1) is 14.3. The van der Waals surface area contributed by atoms with E-state index in [0.717, 1.165) is 44.2 Å². The minimum Gasteiger partial charge on any atom is -0.345 e. The van der Waals surface area contributed by atoms with Gasteiger partial charge in [0.15, 0.2) is 5.13 Å². The highest BCUT2D eigenvalue weighted by atomic mass is 32.1. The van der Waals surface area contributed by atoms with E-state index in [0.29, 0.717) is 0 Å². The van der Waals surface area contributed by atoms with E-state index in [-0.39, 0.29) is 5.91 Å². The lowest BCUT2D eigenvalue weighted by atomic mass is 9.95. The molecule has 1 aliphatic heterocycles. The van der Waals surface area contributed by atoms with E-state index in [9.17, 15) is 4.79 Å². The van der Waals surface area contributed by atoms with Crippen LogP contribution in [0.25, 0.3) is 0 Å². The lowest BCUT2D eigenvalue weighted by molar-refractivity contribution is -0.137. The highest BCUT2D eigenvalue weighted by Crippen LogP contribution is 2.20. The van der Waals surface area contributed by atoms with Crippen molar-refractivity contribution in [3.8, 4) is 0 Å². The molecule has 0 aliphatic carbocycles. The van der Waals surface area contributed by atoms with E-state index in [1.165, 1.54) is 0 Å². The Morgan fingerprint density at radius 3 is 2.68 bits per heavy atom. The van der Waals surface area contributed by atoms with E-state index >= 15 is 0 Å². The summed E-state index contributed by atoms with van der Waals surface area (Å²) < 4.78 is 0. The molecular formula is C13H22N4OS. The number of rotatable bonds is 4. The second-order valence-corrected chi connectivity index (χ2v) is 6.13. The van der Waals surface area contributed by atoms with Crippen molar-refractivity contribution in [3.05, 3.63) is 11.6 Å². The predicted molar refractivity (Wildman–Crippen MR) is 78.4 cm³/mol. The fraction of sp³-hybridized carbons (Fsp3) is 0.692. The van der Waals surface area contributed by atoms with Gasteiger partial charge in [0, 0.05) is 37.8 Å². The first-order valence-corrected chi connectivity index (χ1v) is 7.65. The zero-order chi connectivity index (χ0) is 13.9. The topological polar surface area (TPSA) is 62.5 Å². The standard InChI is InChI=1S/C13H22N4OS/c1-3-4-13(2,14)11(18)16-6-8-17(9-7-16)12-15-5-10-19-12/h5,10H,3-4,6-9,14H2,1-2H3. The quantitative estimate of drug-likeness (QED) is 0.904. The second-order valence-electron chi connectivity index (χ2n) is 5.26. The van der Waals surface area contributed by atoms with Gasteiger partial charge in [-0.2, -0.15) is 0 Å². The van der Waals surface area contributed by atoms with E-state index in [1.807, 2.05) is 23.4 Å². The van der Waals surface area contributed by atoms with Gasteiger partial charge < -0.3 is 15.5 Å². The maximum Gasteiger partial charge on any atom is 0.242 e. The van der Waals surface area contributed by atoms with Crippen LogP contribution in [0.5, 0.6) is 0 Å². The lowest BCUT2D eigenvalue weighted by Crippen LogP contribution is -2.58. The van der Waals surface area contributed by atoms with Crippen LogP contribution in [0.1, 0.15) is 26.7 Å². The Bertz CT molecular complexity index is 410. The van der Waals surface area contributed by atoms with Crippen LogP contribution in [-0.4, -0.2) is 47.5 Å². The zero-order valence-corrected chi connectivity index (χ0v) is 12.4. The van der Waals surface area contributed by atoms with Gasteiger partial charge in [-0.1, -0.05) is 13.3 Å². The number of thiazole rings is 1. The SMILES string of the molecule is CCCC(C)(N)C(=O)N1CCN(c2nccs2)CC1. The molecule has 1 aliphatic rings. The number of nitrogens with two attached hydrogens (primary N) is 1. The smallest absolute Gasteiger partial charge is 0.242 e. The number of hydrogen-bond donors (Lipinski definition) is 1. The molecule has 2 heterocycles. The Kier molecular flexibility index (Phi) is 4.42. The molecule has 0 bridgehead atoms. The molecule has 0 aromatic carbocycles. The van der Waals surface area contributed by atoms with E-state index in [2.05, 4.69) is 16.8 Å². The van der Waals surface area contributed by atoms with Crippen molar-refractivity contribution >= 4 is 22.4 Å². The van der Waals surface area contributed by atoms with Gasteiger partial charge in [-0.05, 0) is 13.3 Å². The molecule has 1 atom stereocenters. The van der Waals surface area contributed by atoms with Gasteiger partial charge in [-0.15, -0.1) is 11.3 Å². The van der Waals surface area contributed by atoms with Crippen molar-refractivity contribution in [2.75, 3.05) is 31.1 Å². The number of nitrogens with zero attached hydrogens (tertiary/aromatic N) is 3. The first-order chi connectivity index (χ1) is 9.04. The maximum absolute atomic E-state index is 12.4. The third-order valence-corrected chi connectivity index (χ3v) is 4.35. The molecule has 1 saturated heterocycles. The van der Waals surface area contributed by atoms with Crippen LogP contribution in [0.15, 0.2) is 11.6 Å². The number of hydrogen-bond acceptors (Lipinski definition) is 5. The Morgan fingerprint density at radius 1 is 1.47 bits per heavy atom. The monoisotopic (exact) mass is 282 g/mol. The van der Waals surface area contributed by atoms with Crippen LogP contribution in [0.2, 0.25) is 0 Å². The summed E-state index contributed by atoms with van der Waals surface area (Å²) in [5.74, 6) is 0.0770.